The maximum absolute atomic E-state index is 11.5. The Morgan fingerprint density at radius 2 is 1.83 bits per heavy atom. The lowest BCUT2D eigenvalue weighted by molar-refractivity contribution is -0.136. The molecule has 0 atom stereocenters. The average Bonchev–Trinajstić information content (AvgIpc) is 1.96. The normalized spacial score (nSPS) is 28.9. The minimum absolute atomic E-state index is 0.0530. The third kappa shape index (κ3) is 1.28. The first kappa shape index (κ1) is 9.72. The Labute approximate surface area is 74.9 Å². The van der Waals surface area contributed by atoms with Crippen LogP contribution >= 0.6 is 0 Å². The molecule has 1 aliphatic heterocycles. The minimum Gasteiger partial charge on any atom is -0.298 e. The predicted molar refractivity (Wildman–Crippen MR) is 49.6 cm³/mol. The lowest BCUT2D eigenvalue weighted by atomic mass is 9.79. The van der Waals surface area contributed by atoms with E-state index in [1.165, 1.54) is 0 Å². The van der Waals surface area contributed by atoms with Crippen molar-refractivity contribution in [3.05, 3.63) is 7.05 Å². The summed E-state index contributed by atoms with van der Waals surface area (Å²) >= 11 is 0. The van der Waals surface area contributed by atoms with Gasteiger partial charge in [-0.2, -0.15) is 0 Å². The summed E-state index contributed by atoms with van der Waals surface area (Å²) in [6, 6.07) is 0. The molecular weight excluding hydrogens is 150 g/mol. The SMILES string of the molecule is [CH2]N1C(C)(C)CCC(=O)C1(C)C. The summed E-state index contributed by atoms with van der Waals surface area (Å²) in [5.74, 6) is 0.303. The van der Waals surface area contributed by atoms with E-state index in [1.54, 1.807) is 0 Å². The molecule has 1 aliphatic rings. The van der Waals surface area contributed by atoms with Crippen LogP contribution in [-0.2, 0) is 4.79 Å². The number of likely N-dealkylation sites (tertiary alicyclic amines) is 1. The van der Waals surface area contributed by atoms with Crippen molar-refractivity contribution < 1.29 is 4.79 Å². The Kier molecular flexibility index (Phi) is 2.07. The highest BCUT2D eigenvalue weighted by Gasteiger charge is 2.44. The first-order valence-electron chi connectivity index (χ1n) is 4.42. The van der Waals surface area contributed by atoms with E-state index in [0.29, 0.717) is 12.2 Å². The van der Waals surface area contributed by atoms with Crippen molar-refractivity contribution in [2.75, 3.05) is 0 Å². The van der Waals surface area contributed by atoms with E-state index in [-0.39, 0.29) is 11.1 Å². The van der Waals surface area contributed by atoms with Crippen LogP contribution in [0.2, 0.25) is 0 Å². The van der Waals surface area contributed by atoms with E-state index >= 15 is 0 Å². The molecule has 0 bridgehead atoms. The Bertz CT molecular complexity index is 206. The molecule has 12 heavy (non-hydrogen) atoms. The van der Waals surface area contributed by atoms with Gasteiger partial charge in [0.2, 0.25) is 0 Å². The first-order valence-corrected chi connectivity index (χ1v) is 4.42. The van der Waals surface area contributed by atoms with Crippen LogP contribution < -0.4 is 0 Å². The number of hydrogen-bond donors (Lipinski definition) is 0. The summed E-state index contributed by atoms with van der Waals surface area (Å²) in [7, 11) is 3.97. The zero-order valence-corrected chi connectivity index (χ0v) is 8.48. The van der Waals surface area contributed by atoms with Gasteiger partial charge in [0, 0.05) is 19.0 Å². The Morgan fingerprint density at radius 3 is 2.25 bits per heavy atom. The number of ketones is 1. The number of hydrogen-bond acceptors (Lipinski definition) is 2. The van der Waals surface area contributed by atoms with Crippen molar-refractivity contribution in [3.63, 3.8) is 0 Å². The molecular formula is C10H18NO. The molecule has 1 saturated heterocycles. The molecule has 0 aromatic heterocycles. The topological polar surface area (TPSA) is 20.3 Å². The molecule has 0 aromatic carbocycles. The van der Waals surface area contributed by atoms with E-state index in [9.17, 15) is 4.79 Å². The molecule has 0 saturated carbocycles. The summed E-state index contributed by atoms with van der Waals surface area (Å²) in [5.41, 5.74) is -0.334. The van der Waals surface area contributed by atoms with Gasteiger partial charge >= 0.3 is 0 Å². The smallest absolute Gasteiger partial charge is 0.152 e. The third-order valence-corrected chi connectivity index (χ3v) is 3.05. The van der Waals surface area contributed by atoms with Crippen LogP contribution in [0.3, 0.4) is 0 Å². The van der Waals surface area contributed by atoms with Gasteiger partial charge in [-0.15, -0.1) is 0 Å². The monoisotopic (exact) mass is 168 g/mol. The number of rotatable bonds is 0. The van der Waals surface area contributed by atoms with Gasteiger partial charge in [0.25, 0.3) is 0 Å². The fourth-order valence-electron chi connectivity index (χ4n) is 1.77. The molecule has 0 spiro atoms. The highest BCUT2D eigenvalue weighted by Crippen LogP contribution is 2.34. The Morgan fingerprint density at radius 1 is 1.33 bits per heavy atom. The average molecular weight is 168 g/mol. The minimum atomic E-state index is -0.387. The highest BCUT2D eigenvalue weighted by molar-refractivity contribution is 5.88. The summed E-state index contributed by atoms with van der Waals surface area (Å²) in [4.78, 5) is 13.5. The predicted octanol–water partition coefficient (Wildman–Crippen LogP) is 2.00. The van der Waals surface area contributed by atoms with Crippen LogP contribution in [0.15, 0.2) is 0 Å². The van der Waals surface area contributed by atoms with Crippen molar-refractivity contribution in [3.8, 4) is 0 Å². The van der Waals surface area contributed by atoms with Crippen molar-refractivity contribution in [1.82, 2.24) is 4.90 Å². The molecule has 1 rings (SSSR count). The van der Waals surface area contributed by atoms with E-state index in [1.807, 2.05) is 18.7 Å². The van der Waals surface area contributed by atoms with Gasteiger partial charge in [-0.1, -0.05) is 0 Å². The van der Waals surface area contributed by atoms with E-state index in [2.05, 4.69) is 20.9 Å². The van der Waals surface area contributed by atoms with Crippen LogP contribution in [0.1, 0.15) is 40.5 Å². The second-order valence-corrected chi connectivity index (χ2v) is 4.72. The number of Topliss-reactive ketones (excluding diaryl/α,β-unsaturated/α-hetero) is 1. The van der Waals surface area contributed by atoms with Crippen LogP contribution in [-0.4, -0.2) is 21.8 Å². The quantitative estimate of drug-likeness (QED) is 0.551. The summed E-state index contributed by atoms with van der Waals surface area (Å²) in [6.45, 7) is 8.16. The summed E-state index contributed by atoms with van der Waals surface area (Å²) in [5, 5.41) is 0. The molecule has 2 nitrogen and oxygen atoms in total. The zero-order chi connectivity index (χ0) is 9.57. The standard InChI is InChI=1S/C10H18NO/c1-9(2)7-6-8(12)10(3,4)11(9)5/h5-7H2,1-4H3. The highest BCUT2D eigenvalue weighted by atomic mass is 16.1. The summed E-state index contributed by atoms with van der Waals surface area (Å²) in [6.07, 6.45) is 1.60. The molecule has 0 N–H and O–H groups in total. The largest absolute Gasteiger partial charge is 0.298 e. The van der Waals surface area contributed by atoms with Gasteiger partial charge in [-0.05, 0) is 34.1 Å². The van der Waals surface area contributed by atoms with Gasteiger partial charge in [-0.3, -0.25) is 9.69 Å². The van der Waals surface area contributed by atoms with E-state index in [4.69, 9.17) is 0 Å². The lowest BCUT2D eigenvalue weighted by Gasteiger charge is -2.49. The fourth-order valence-corrected chi connectivity index (χ4v) is 1.77. The van der Waals surface area contributed by atoms with E-state index in [0.717, 1.165) is 6.42 Å². The van der Waals surface area contributed by atoms with Crippen LogP contribution in [0.4, 0.5) is 0 Å². The fraction of sp³-hybridized carbons (Fsp3) is 0.800. The molecule has 0 unspecified atom stereocenters. The second-order valence-electron chi connectivity index (χ2n) is 4.72. The van der Waals surface area contributed by atoms with Gasteiger partial charge < -0.3 is 0 Å². The van der Waals surface area contributed by atoms with Crippen LogP contribution in [0, 0.1) is 7.05 Å². The molecule has 0 aromatic rings. The molecule has 1 radical (unpaired) electrons. The number of carbonyl (C=O) groups excluding carboxylic acids is 1. The molecule has 69 valence electrons. The molecule has 0 amide bonds. The van der Waals surface area contributed by atoms with Crippen LogP contribution in [0.25, 0.3) is 0 Å². The lowest BCUT2D eigenvalue weighted by Crippen LogP contribution is -2.59. The molecule has 1 heterocycles. The maximum atomic E-state index is 11.5. The number of piperidine rings is 1. The van der Waals surface area contributed by atoms with Crippen LogP contribution in [0.5, 0.6) is 0 Å². The Balaban J connectivity index is 2.93. The van der Waals surface area contributed by atoms with Crippen molar-refractivity contribution in [2.45, 2.75) is 51.6 Å². The van der Waals surface area contributed by atoms with Gasteiger partial charge in [0.15, 0.2) is 5.78 Å². The van der Waals surface area contributed by atoms with Gasteiger partial charge in [0.05, 0.1) is 5.54 Å². The zero-order valence-electron chi connectivity index (χ0n) is 8.48. The van der Waals surface area contributed by atoms with Gasteiger partial charge in [0.1, 0.15) is 0 Å². The summed E-state index contributed by atoms with van der Waals surface area (Å²) < 4.78 is 0. The molecule has 0 aliphatic carbocycles. The Hall–Kier alpha value is -0.370. The number of nitrogens with zero attached hydrogens (tertiary/aromatic N) is 1. The number of carbonyl (C=O) groups is 1. The first-order chi connectivity index (χ1) is 5.28. The van der Waals surface area contributed by atoms with Crippen molar-refractivity contribution in [1.29, 1.82) is 0 Å². The maximum Gasteiger partial charge on any atom is 0.152 e. The molecule has 2 heteroatoms. The molecule has 1 fully saturated rings. The van der Waals surface area contributed by atoms with Crippen molar-refractivity contribution in [2.24, 2.45) is 0 Å². The van der Waals surface area contributed by atoms with Gasteiger partial charge in [-0.25, -0.2) is 0 Å². The second kappa shape index (κ2) is 2.56. The third-order valence-electron chi connectivity index (χ3n) is 3.05. The van der Waals surface area contributed by atoms with Crippen molar-refractivity contribution >= 4 is 5.78 Å². The van der Waals surface area contributed by atoms with E-state index < -0.39 is 0 Å².